The molecule has 0 atom stereocenters. The number of H-pyrrole nitrogens is 1. The van der Waals surface area contributed by atoms with E-state index >= 15 is 0 Å². The molecule has 0 saturated heterocycles. The molecule has 1 saturated carbocycles. The minimum absolute atomic E-state index is 0.00938. The lowest BCUT2D eigenvalue weighted by Gasteiger charge is -2.29. The Bertz CT molecular complexity index is 1100. The van der Waals surface area contributed by atoms with Gasteiger partial charge in [0.2, 0.25) is 11.9 Å². The Hall–Kier alpha value is -3.20. The molecule has 9 nitrogen and oxygen atoms in total. The Morgan fingerprint density at radius 3 is 2.73 bits per heavy atom. The molecule has 0 aliphatic heterocycles. The summed E-state index contributed by atoms with van der Waals surface area (Å²) in [7, 11) is 0. The highest BCUT2D eigenvalue weighted by Gasteiger charge is 2.22. The smallest absolute Gasteiger partial charge is 0.273 e. The maximum Gasteiger partial charge on any atom is 0.273 e. The maximum atomic E-state index is 12.0. The first kappa shape index (κ1) is 20.1. The molecule has 0 radical (unpaired) electrons. The topological polar surface area (TPSA) is 118 Å². The average Bonchev–Trinajstić information content (AvgIpc) is 3.20. The van der Waals surface area contributed by atoms with E-state index in [1.54, 1.807) is 43.8 Å². The summed E-state index contributed by atoms with van der Waals surface area (Å²) in [5, 5.41) is 11.0. The van der Waals surface area contributed by atoms with E-state index in [1.165, 1.54) is 4.68 Å². The summed E-state index contributed by atoms with van der Waals surface area (Å²) in [6.07, 6.45) is 10.1. The highest BCUT2D eigenvalue weighted by Crippen LogP contribution is 2.27. The van der Waals surface area contributed by atoms with E-state index in [4.69, 9.17) is 11.6 Å². The van der Waals surface area contributed by atoms with Crippen LogP contribution >= 0.6 is 11.6 Å². The molecule has 1 amide bonds. The lowest BCUT2D eigenvalue weighted by molar-refractivity contribution is -0.119. The van der Waals surface area contributed by atoms with Crippen LogP contribution in [0.15, 0.2) is 41.7 Å². The molecule has 4 rings (SSSR count). The minimum Gasteiger partial charge on any atom is -0.354 e. The second-order valence-corrected chi connectivity index (χ2v) is 7.75. The van der Waals surface area contributed by atoms with E-state index in [-0.39, 0.29) is 23.6 Å². The van der Waals surface area contributed by atoms with Crippen molar-refractivity contribution in [3.05, 3.63) is 52.3 Å². The Labute approximate surface area is 177 Å². The first-order valence-electron chi connectivity index (χ1n) is 9.79. The van der Waals surface area contributed by atoms with Crippen molar-refractivity contribution in [3.8, 4) is 16.9 Å². The summed E-state index contributed by atoms with van der Waals surface area (Å²) in [5.74, 6) is 0.498. The third-order valence-electron chi connectivity index (χ3n) is 5.11. The molecule has 1 fully saturated rings. The van der Waals surface area contributed by atoms with Gasteiger partial charge in [-0.25, -0.2) is 14.6 Å². The number of hydrogen-bond donors (Lipinski definition) is 3. The number of pyridine rings is 1. The fourth-order valence-corrected chi connectivity index (χ4v) is 3.86. The van der Waals surface area contributed by atoms with E-state index < -0.39 is 0 Å². The van der Waals surface area contributed by atoms with Crippen molar-refractivity contribution in [2.24, 2.45) is 0 Å². The predicted molar refractivity (Wildman–Crippen MR) is 114 cm³/mol. The molecule has 0 bridgehead atoms. The zero-order valence-electron chi connectivity index (χ0n) is 16.4. The molecule has 3 aromatic rings. The molecule has 3 N–H and O–H groups in total. The SMILES string of the molecule is CC(=O)NC1CCC(Nc2ncc(Cl)c(-c3cnn(-c4ccc[nH]c4=O)c3)n2)CC1. The van der Waals surface area contributed by atoms with Crippen LogP contribution in [0.1, 0.15) is 32.6 Å². The van der Waals surface area contributed by atoms with Gasteiger partial charge in [-0.3, -0.25) is 9.59 Å². The van der Waals surface area contributed by atoms with Crippen LogP contribution in [0.5, 0.6) is 0 Å². The number of hydrogen-bond acceptors (Lipinski definition) is 6. The minimum atomic E-state index is -0.238. The van der Waals surface area contributed by atoms with E-state index in [2.05, 4.69) is 30.7 Å². The second-order valence-electron chi connectivity index (χ2n) is 7.34. The third-order valence-corrected chi connectivity index (χ3v) is 5.39. The van der Waals surface area contributed by atoms with Crippen LogP contribution in [-0.4, -0.2) is 42.7 Å². The quantitative estimate of drug-likeness (QED) is 0.576. The number of nitrogens with one attached hydrogen (secondary N) is 3. The van der Waals surface area contributed by atoms with Crippen LogP contribution in [0, 0.1) is 0 Å². The van der Waals surface area contributed by atoms with Gasteiger partial charge in [-0.05, 0) is 37.8 Å². The van der Waals surface area contributed by atoms with E-state index in [9.17, 15) is 9.59 Å². The van der Waals surface area contributed by atoms with Crippen molar-refractivity contribution in [2.45, 2.75) is 44.7 Å². The first-order chi connectivity index (χ1) is 14.5. The van der Waals surface area contributed by atoms with Gasteiger partial charge in [0, 0.05) is 37.0 Å². The van der Waals surface area contributed by atoms with Crippen LogP contribution in [0.25, 0.3) is 16.9 Å². The van der Waals surface area contributed by atoms with Crippen molar-refractivity contribution < 1.29 is 4.79 Å². The molecule has 1 aliphatic carbocycles. The zero-order valence-corrected chi connectivity index (χ0v) is 17.2. The average molecular weight is 428 g/mol. The number of aromatic nitrogens is 5. The highest BCUT2D eigenvalue weighted by molar-refractivity contribution is 6.32. The molecular formula is C20H22ClN7O2. The van der Waals surface area contributed by atoms with Crippen molar-refractivity contribution in [1.29, 1.82) is 0 Å². The molecule has 156 valence electrons. The predicted octanol–water partition coefficient (Wildman–Crippen LogP) is 2.53. The second kappa shape index (κ2) is 8.66. The van der Waals surface area contributed by atoms with Crippen LogP contribution < -0.4 is 16.2 Å². The molecule has 3 heterocycles. The summed E-state index contributed by atoms with van der Waals surface area (Å²) >= 11 is 6.33. The van der Waals surface area contributed by atoms with Crippen molar-refractivity contribution in [3.63, 3.8) is 0 Å². The van der Waals surface area contributed by atoms with Gasteiger partial charge in [0.05, 0.1) is 23.1 Å². The van der Waals surface area contributed by atoms with Gasteiger partial charge in [-0.1, -0.05) is 11.6 Å². The molecule has 1 aliphatic rings. The van der Waals surface area contributed by atoms with Crippen molar-refractivity contribution >= 4 is 23.5 Å². The van der Waals surface area contributed by atoms with E-state index in [0.29, 0.717) is 27.9 Å². The normalized spacial score (nSPS) is 18.7. The highest BCUT2D eigenvalue weighted by atomic mass is 35.5. The number of halogens is 1. The fourth-order valence-electron chi connectivity index (χ4n) is 3.66. The van der Waals surface area contributed by atoms with E-state index in [1.807, 2.05) is 0 Å². The van der Waals surface area contributed by atoms with Gasteiger partial charge >= 0.3 is 0 Å². The van der Waals surface area contributed by atoms with Crippen LogP contribution in [0.4, 0.5) is 5.95 Å². The standard InChI is InChI=1S/C20H22ClN7O2/c1-12(29)25-14-4-6-15(7-5-14)26-20-23-10-16(21)18(27-20)13-9-24-28(11-13)17-3-2-8-22-19(17)30/h2-3,8-11,14-15H,4-7H2,1H3,(H,22,30)(H,25,29)(H,23,26,27). The number of carbonyl (C=O) groups is 1. The summed E-state index contributed by atoms with van der Waals surface area (Å²) in [6.45, 7) is 1.55. The molecule has 30 heavy (non-hydrogen) atoms. The maximum absolute atomic E-state index is 12.0. The number of rotatable bonds is 5. The van der Waals surface area contributed by atoms with Crippen LogP contribution in [0.3, 0.4) is 0 Å². The number of nitrogens with zero attached hydrogens (tertiary/aromatic N) is 4. The largest absolute Gasteiger partial charge is 0.354 e. The van der Waals surface area contributed by atoms with E-state index in [0.717, 1.165) is 25.7 Å². The first-order valence-corrected chi connectivity index (χ1v) is 10.2. The number of carbonyl (C=O) groups excluding carboxylic acids is 1. The lowest BCUT2D eigenvalue weighted by atomic mass is 9.91. The van der Waals surface area contributed by atoms with Gasteiger partial charge in [-0.15, -0.1) is 0 Å². The Morgan fingerprint density at radius 2 is 2.00 bits per heavy atom. The van der Waals surface area contributed by atoms with Crippen LogP contribution in [-0.2, 0) is 4.79 Å². The Kier molecular flexibility index (Phi) is 5.80. The number of amides is 1. The summed E-state index contributed by atoms with van der Waals surface area (Å²) in [6, 6.07) is 3.88. The molecule has 0 aromatic carbocycles. The van der Waals surface area contributed by atoms with Gasteiger partial charge in [0.25, 0.3) is 5.56 Å². The summed E-state index contributed by atoms with van der Waals surface area (Å²) in [4.78, 5) is 34.7. The van der Waals surface area contributed by atoms with Gasteiger partial charge < -0.3 is 15.6 Å². The summed E-state index contributed by atoms with van der Waals surface area (Å²) < 4.78 is 1.49. The van der Waals surface area contributed by atoms with Crippen LogP contribution in [0.2, 0.25) is 5.02 Å². The van der Waals surface area contributed by atoms with Gasteiger partial charge in [0.15, 0.2) is 0 Å². The molecule has 3 aromatic heterocycles. The van der Waals surface area contributed by atoms with Gasteiger partial charge in [-0.2, -0.15) is 5.10 Å². The number of anilines is 1. The van der Waals surface area contributed by atoms with Gasteiger partial charge in [0.1, 0.15) is 5.69 Å². The molecule has 0 spiro atoms. The molecule has 10 heteroatoms. The summed E-state index contributed by atoms with van der Waals surface area (Å²) in [5.41, 5.74) is 1.39. The monoisotopic (exact) mass is 427 g/mol. The fraction of sp³-hybridized carbons (Fsp3) is 0.350. The van der Waals surface area contributed by atoms with Crippen molar-refractivity contribution in [1.82, 2.24) is 30.0 Å². The third kappa shape index (κ3) is 4.51. The lowest BCUT2D eigenvalue weighted by Crippen LogP contribution is -2.39. The number of aromatic amines is 1. The molecule has 0 unspecified atom stereocenters. The Balaban J connectivity index is 1.49. The zero-order chi connectivity index (χ0) is 21.1. The molecular weight excluding hydrogens is 406 g/mol. The Morgan fingerprint density at radius 1 is 1.23 bits per heavy atom. The van der Waals surface area contributed by atoms with Crippen molar-refractivity contribution in [2.75, 3.05) is 5.32 Å².